The summed E-state index contributed by atoms with van der Waals surface area (Å²) in [7, 11) is 4.37. The quantitative estimate of drug-likeness (QED) is 0.263. The van der Waals surface area contributed by atoms with Gasteiger partial charge in [-0.2, -0.15) is 0 Å². The molecular formula is C27H27ClN2O5. The summed E-state index contributed by atoms with van der Waals surface area (Å²) in [5.74, 6) is -0.0171. The van der Waals surface area contributed by atoms with Gasteiger partial charge in [-0.1, -0.05) is 30.3 Å². The number of rotatable bonds is 8. The van der Waals surface area contributed by atoms with Gasteiger partial charge >= 0.3 is 5.97 Å². The summed E-state index contributed by atoms with van der Waals surface area (Å²) < 4.78 is 15.9. The number of nitrogens with one attached hydrogen (secondary N) is 1. The van der Waals surface area contributed by atoms with Crippen LogP contribution in [0, 0.1) is 0 Å². The molecule has 0 aliphatic carbocycles. The first-order chi connectivity index (χ1) is 16.5. The predicted molar refractivity (Wildman–Crippen MR) is 139 cm³/mol. The lowest BCUT2D eigenvalue weighted by Crippen LogP contribution is -2.21. The van der Waals surface area contributed by atoms with Crippen LogP contribution in [0.2, 0.25) is 0 Å². The highest BCUT2D eigenvalue weighted by Gasteiger charge is 2.25. The topological polar surface area (TPSA) is 86.8 Å². The summed E-state index contributed by atoms with van der Waals surface area (Å²) in [6, 6.07) is 17.9. The lowest BCUT2D eigenvalue weighted by atomic mass is 9.93. The smallest absolute Gasteiger partial charge is 0.338 e. The Balaban J connectivity index is 0.00000432. The zero-order chi connectivity index (χ0) is 24.5. The molecule has 0 spiro atoms. The molecule has 8 heteroatoms. The number of nitrogens with zero attached hydrogens (tertiary/aromatic N) is 1. The molecule has 1 aromatic heterocycles. The van der Waals surface area contributed by atoms with Crippen molar-refractivity contribution in [3.63, 3.8) is 0 Å². The fourth-order valence-electron chi connectivity index (χ4n) is 3.34. The Morgan fingerprint density at radius 3 is 2.03 bits per heavy atom. The lowest BCUT2D eigenvalue weighted by molar-refractivity contribution is -0.136. The highest BCUT2D eigenvalue weighted by atomic mass is 35.5. The van der Waals surface area contributed by atoms with E-state index in [4.69, 9.17) is 14.2 Å². The molecule has 182 valence electrons. The largest absolute Gasteiger partial charge is 0.497 e. The molecule has 0 saturated carbocycles. The molecule has 35 heavy (non-hydrogen) atoms. The van der Waals surface area contributed by atoms with Gasteiger partial charge in [-0.05, 0) is 54.0 Å². The third-order valence-electron chi connectivity index (χ3n) is 5.11. The first-order valence-corrected chi connectivity index (χ1v) is 10.5. The number of anilines is 1. The van der Waals surface area contributed by atoms with E-state index >= 15 is 0 Å². The van der Waals surface area contributed by atoms with Crippen LogP contribution in [0.25, 0.3) is 11.6 Å². The van der Waals surface area contributed by atoms with Crippen LogP contribution < -0.4 is 14.8 Å². The van der Waals surface area contributed by atoms with Crippen LogP contribution in [0.1, 0.15) is 18.1 Å². The van der Waals surface area contributed by atoms with Crippen LogP contribution in [-0.4, -0.2) is 38.2 Å². The summed E-state index contributed by atoms with van der Waals surface area (Å²) in [6.07, 6.45) is 4.80. The van der Waals surface area contributed by atoms with Crippen LogP contribution >= 0.6 is 12.4 Å². The lowest BCUT2D eigenvalue weighted by Gasteiger charge is -2.16. The number of halogens is 1. The standard InChI is InChI=1S/C27H26N2O5.ClH/c1-18(20-15-22(32-2)17-23(16-20)33-3)25(27(31)34-4)24(14-19-8-6-5-7-9-19)26(30)29-21-10-12-28-13-11-21;/h5-17H,1-4H3,(H,28,29,30);1H/b24-14+,25-18-;. The summed E-state index contributed by atoms with van der Waals surface area (Å²) in [4.78, 5) is 30.5. The first-order valence-electron chi connectivity index (χ1n) is 10.5. The monoisotopic (exact) mass is 494 g/mol. The normalized spacial score (nSPS) is 11.5. The Morgan fingerprint density at radius 1 is 0.886 bits per heavy atom. The molecule has 1 N–H and O–H groups in total. The van der Waals surface area contributed by atoms with Gasteiger partial charge in [0.25, 0.3) is 5.91 Å². The number of hydrogen-bond acceptors (Lipinski definition) is 6. The van der Waals surface area contributed by atoms with Gasteiger partial charge in [-0.25, -0.2) is 4.79 Å². The van der Waals surface area contributed by atoms with E-state index in [0.29, 0.717) is 28.3 Å². The van der Waals surface area contributed by atoms with Crippen molar-refractivity contribution in [1.82, 2.24) is 4.98 Å². The van der Waals surface area contributed by atoms with Crippen LogP contribution in [0.15, 0.2) is 84.2 Å². The maximum Gasteiger partial charge on any atom is 0.338 e. The fourth-order valence-corrected chi connectivity index (χ4v) is 3.34. The van der Waals surface area contributed by atoms with Crippen LogP contribution in [-0.2, 0) is 14.3 Å². The number of amides is 1. The fraction of sp³-hybridized carbons (Fsp3) is 0.148. The molecule has 0 bridgehead atoms. The molecule has 0 fully saturated rings. The van der Waals surface area contributed by atoms with Crippen molar-refractivity contribution < 1.29 is 23.8 Å². The Kier molecular flexibility index (Phi) is 10.1. The zero-order valence-corrected chi connectivity index (χ0v) is 20.7. The predicted octanol–water partition coefficient (Wildman–Crippen LogP) is 5.19. The number of carbonyl (C=O) groups is 2. The molecule has 0 radical (unpaired) electrons. The Bertz CT molecular complexity index is 1200. The van der Waals surface area contributed by atoms with Crippen molar-refractivity contribution >= 4 is 41.6 Å². The second-order valence-corrected chi connectivity index (χ2v) is 7.25. The third kappa shape index (κ3) is 6.94. The molecule has 2 aromatic carbocycles. The summed E-state index contributed by atoms with van der Waals surface area (Å²) >= 11 is 0. The molecular weight excluding hydrogens is 468 g/mol. The number of carbonyl (C=O) groups excluding carboxylic acids is 2. The van der Waals surface area contributed by atoms with E-state index in [9.17, 15) is 9.59 Å². The number of benzene rings is 2. The molecule has 0 atom stereocenters. The van der Waals surface area contributed by atoms with Gasteiger partial charge < -0.3 is 19.5 Å². The molecule has 3 rings (SSSR count). The maximum absolute atomic E-state index is 13.5. The van der Waals surface area contributed by atoms with Gasteiger partial charge in [0.05, 0.1) is 32.5 Å². The van der Waals surface area contributed by atoms with Crippen molar-refractivity contribution in [1.29, 1.82) is 0 Å². The number of ether oxygens (including phenoxy) is 3. The molecule has 0 saturated heterocycles. The van der Waals surface area contributed by atoms with E-state index in [-0.39, 0.29) is 23.6 Å². The number of aromatic nitrogens is 1. The van der Waals surface area contributed by atoms with Gasteiger partial charge in [0.1, 0.15) is 11.5 Å². The van der Waals surface area contributed by atoms with Crippen molar-refractivity contribution in [2.24, 2.45) is 0 Å². The van der Waals surface area contributed by atoms with E-state index in [1.807, 2.05) is 30.3 Å². The van der Waals surface area contributed by atoms with Crippen molar-refractivity contribution in [3.05, 3.63) is 95.3 Å². The maximum atomic E-state index is 13.5. The van der Waals surface area contributed by atoms with Crippen LogP contribution in [0.4, 0.5) is 5.69 Å². The molecule has 0 unspecified atom stereocenters. The first kappa shape index (κ1) is 27.1. The summed E-state index contributed by atoms with van der Waals surface area (Å²) in [5.41, 5.74) is 2.73. The van der Waals surface area contributed by atoms with Crippen LogP contribution in [0.5, 0.6) is 11.5 Å². The van der Waals surface area contributed by atoms with Gasteiger partial charge in [0.15, 0.2) is 0 Å². The molecule has 1 amide bonds. The molecule has 0 aliphatic rings. The van der Waals surface area contributed by atoms with Crippen molar-refractivity contribution in [2.75, 3.05) is 26.6 Å². The second-order valence-electron chi connectivity index (χ2n) is 7.25. The van der Waals surface area contributed by atoms with Gasteiger partial charge in [-0.3, -0.25) is 9.78 Å². The number of pyridine rings is 1. The highest BCUT2D eigenvalue weighted by Crippen LogP contribution is 2.32. The molecule has 7 nitrogen and oxygen atoms in total. The van der Waals surface area contributed by atoms with Gasteiger partial charge in [-0.15, -0.1) is 12.4 Å². The highest BCUT2D eigenvalue weighted by molar-refractivity contribution is 6.19. The number of esters is 1. The van der Waals surface area contributed by atoms with E-state index in [2.05, 4.69) is 10.3 Å². The number of hydrogen-bond donors (Lipinski definition) is 1. The Labute approximate surface area is 210 Å². The summed E-state index contributed by atoms with van der Waals surface area (Å²) in [6.45, 7) is 1.75. The van der Waals surface area contributed by atoms with E-state index in [0.717, 1.165) is 5.56 Å². The molecule has 1 heterocycles. The minimum atomic E-state index is -0.647. The molecule has 0 aliphatic heterocycles. The average Bonchev–Trinajstić information content (AvgIpc) is 2.88. The average molecular weight is 495 g/mol. The second kappa shape index (κ2) is 13.0. The van der Waals surface area contributed by atoms with Crippen molar-refractivity contribution in [2.45, 2.75) is 6.92 Å². The third-order valence-corrected chi connectivity index (χ3v) is 5.11. The minimum absolute atomic E-state index is 0. The zero-order valence-electron chi connectivity index (χ0n) is 19.9. The van der Waals surface area contributed by atoms with Gasteiger partial charge in [0.2, 0.25) is 0 Å². The number of allylic oxidation sites excluding steroid dienone is 1. The van der Waals surface area contributed by atoms with E-state index in [1.165, 1.54) is 7.11 Å². The SMILES string of the molecule is COC(=O)C(=C(/C)c1cc(OC)cc(OC)c1)/C(=C\c1ccccc1)C(=O)Nc1ccncc1.Cl. The Hall–Kier alpha value is -4.10. The van der Waals surface area contributed by atoms with Gasteiger partial charge in [0, 0.05) is 24.1 Å². The van der Waals surface area contributed by atoms with Crippen molar-refractivity contribution in [3.8, 4) is 11.5 Å². The van der Waals surface area contributed by atoms with E-state index in [1.54, 1.807) is 69.9 Å². The molecule has 3 aromatic rings. The Morgan fingerprint density at radius 2 is 1.49 bits per heavy atom. The summed E-state index contributed by atoms with van der Waals surface area (Å²) in [5, 5.41) is 2.83. The minimum Gasteiger partial charge on any atom is -0.497 e. The van der Waals surface area contributed by atoms with Crippen LogP contribution in [0.3, 0.4) is 0 Å². The number of methoxy groups -OCH3 is 3. The van der Waals surface area contributed by atoms with E-state index < -0.39 is 11.9 Å².